The quantitative estimate of drug-likeness (QED) is 0.944. The Balaban J connectivity index is 2.51. The van der Waals surface area contributed by atoms with Crippen molar-refractivity contribution < 1.29 is 23.1 Å². The molecule has 2 rings (SSSR count). The van der Waals surface area contributed by atoms with Crippen LogP contribution in [0.5, 0.6) is 0 Å². The molecule has 0 bridgehead atoms. The van der Waals surface area contributed by atoms with E-state index in [9.17, 15) is 18.0 Å². The molecule has 0 saturated carbocycles. The van der Waals surface area contributed by atoms with Crippen molar-refractivity contribution in [1.29, 1.82) is 0 Å². The Kier molecular flexibility index (Phi) is 3.31. The highest BCUT2D eigenvalue weighted by Gasteiger charge is 2.39. The van der Waals surface area contributed by atoms with Gasteiger partial charge in [0.25, 0.3) is 0 Å². The van der Waals surface area contributed by atoms with Gasteiger partial charge in [0.2, 0.25) is 0 Å². The van der Waals surface area contributed by atoms with Crippen molar-refractivity contribution >= 4 is 17.3 Å². The number of hydrogen-bond donors (Lipinski definition) is 1. The zero-order valence-electron chi connectivity index (χ0n) is 9.60. The maximum atomic E-state index is 12.7. The average molecular weight is 291 g/mol. The maximum Gasteiger partial charge on any atom is 0.435 e. The molecular formula is C10H8F3N3O2S. The van der Waals surface area contributed by atoms with Gasteiger partial charge in [-0.15, -0.1) is 11.3 Å². The molecule has 9 heteroatoms. The van der Waals surface area contributed by atoms with E-state index in [0.717, 1.165) is 0 Å². The number of carbonyl (C=O) groups is 1. The number of thiazole rings is 1. The van der Waals surface area contributed by atoms with Gasteiger partial charge in [-0.05, 0) is 6.92 Å². The van der Waals surface area contributed by atoms with Gasteiger partial charge < -0.3 is 5.11 Å². The van der Waals surface area contributed by atoms with Gasteiger partial charge in [-0.2, -0.15) is 18.3 Å². The molecule has 0 saturated heterocycles. The van der Waals surface area contributed by atoms with Gasteiger partial charge in [0.1, 0.15) is 9.88 Å². The number of aryl methyl sites for hydroxylation is 1. The van der Waals surface area contributed by atoms with Crippen LogP contribution in [0.1, 0.15) is 22.3 Å². The highest BCUT2D eigenvalue weighted by molar-refractivity contribution is 7.17. The molecule has 1 N–H and O–H groups in total. The third-order valence-corrected chi connectivity index (χ3v) is 3.39. The van der Waals surface area contributed by atoms with Crippen LogP contribution in [0, 0.1) is 0 Å². The lowest BCUT2D eigenvalue weighted by molar-refractivity contribution is -0.141. The first-order valence-corrected chi connectivity index (χ1v) is 5.98. The van der Waals surface area contributed by atoms with Crippen molar-refractivity contribution in [2.45, 2.75) is 19.6 Å². The van der Waals surface area contributed by atoms with Crippen molar-refractivity contribution in [1.82, 2.24) is 14.8 Å². The van der Waals surface area contributed by atoms with Crippen LogP contribution in [-0.4, -0.2) is 25.8 Å². The topological polar surface area (TPSA) is 68.0 Å². The Morgan fingerprint density at radius 1 is 1.53 bits per heavy atom. The summed E-state index contributed by atoms with van der Waals surface area (Å²) in [5, 5.41) is 12.7. The van der Waals surface area contributed by atoms with E-state index in [4.69, 9.17) is 5.11 Å². The highest BCUT2D eigenvalue weighted by atomic mass is 32.1. The van der Waals surface area contributed by atoms with Crippen LogP contribution >= 0.6 is 11.3 Å². The number of alkyl halides is 3. The lowest BCUT2D eigenvalue weighted by atomic mass is 10.3. The van der Waals surface area contributed by atoms with Crippen molar-refractivity contribution in [2.24, 2.45) is 0 Å². The molecule has 0 aliphatic heterocycles. The molecule has 0 amide bonds. The number of halogens is 3. The zero-order chi connectivity index (χ0) is 14.2. The second-order valence-electron chi connectivity index (χ2n) is 3.58. The molecule has 0 spiro atoms. The van der Waals surface area contributed by atoms with Gasteiger partial charge >= 0.3 is 12.1 Å². The van der Waals surface area contributed by atoms with Gasteiger partial charge in [0.15, 0.2) is 5.69 Å². The molecule has 0 atom stereocenters. The first kappa shape index (κ1) is 13.5. The molecule has 0 aliphatic carbocycles. The number of hydrogen-bond acceptors (Lipinski definition) is 4. The molecule has 19 heavy (non-hydrogen) atoms. The first-order chi connectivity index (χ1) is 8.82. The molecule has 5 nitrogen and oxygen atoms in total. The molecule has 0 fully saturated rings. The van der Waals surface area contributed by atoms with E-state index < -0.39 is 22.7 Å². The summed E-state index contributed by atoms with van der Waals surface area (Å²) in [5.41, 5.74) is -1.01. The van der Waals surface area contributed by atoms with Gasteiger partial charge in [-0.25, -0.2) is 9.78 Å². The Morgan fingerprint density at radius 3 is 2.63 bits per heavy atom. The monoisotopic (exact) mass is 291 g/mol. The molecule has 2 heterocycles. The summed E-state index contributed by atoms with van der Waals surface area (Å²) in [6.07, 6.45) is -1.91. The SMILES string of the molecule is CCn1cc(-c2nc(C(F)(F)F)c(C(=O)O)s2)cn1. The number of carboxylic acids is 1. The Bertz CT molecular complexity index is 618. The normalized spacial score (nSPS) is 11.8. The first-order valence-electron chi connectivity index (χ1n) is 5.17. The summed E-state index contributed by atoms with van der Waals surface area (Å²) in [5.74, 6) is -1.64. The van der Waals surface area contributed by atoms with E-state index in [1.165, 1.54) is 17.1 Å². The predicted octanol–water partition coefficient (Wildman–Crippen LogP) is 2.74. The summed E-state index contributed by atoms with van der Waals surface area (Å²) in [7, 11) is 0. The van der Waals surface area contributed by atoms with Crippen LogP contribution in [0.2, 0.25) is 0 Å². The predicted molar refractivity (Wildman–Crippen MR) is 61.0 cm³/mol. The van der Waals surface area contributed by atoms with Gasteiger partial charge in [-0.3, -0.25) is 4.68 Å². The molecule has 102 valence electrons. The van der Waals surface area contributed by atoms with E-state index >= 15 is 0 Å². The summed E-state index contributed by atoms with van der Waals surface area (Å²) >= 11 is 0.487. The Morgan fingerprint density at radius 2 is 2.21 bits per heavy atom. The Labute approximate surface area is 109 Å². The largest absolute Gasteiger partial charge is 0.477 e. The van der Waals surface area contributed by atoms with E-state index in [0.29, 0.717) is 23.4 Å². The van der Waals surface area contributed by atoms with E-state index in [-0.39, 0.29) is 5.01 Å². The smallest absolute Gasteiger partial charge is 0.435 e. The molecule has 0 unspecified atom stereocenters. The van der Waals surface area contributed by atoms with Crippen LogP contribution in [0.15, 0.2) is 12.4 Å². The summed E-state index contributed by atoms with van der Waals surface area (Å²) in [6.45, 7) is 2.38. The molecule has 0 aromatic carbocycles. The fourth-order valence-electron chi connectivity index (χ4n) is 1.43. The maximum absolute atomic E-state index is 12.7. The van der Waals surface area contributed by atoms with Gasteiger partial charge in [0.05, 0.1) is 6.20 Å². The van der Waals surface area contributed by atoms with Crippen LogP contribution in [0.25, 0.3) is 10.6 Å². The zero-order valence-corrected chi connectivity index (χ0v) is 10.4. The second-order valence-corrected chi connectivity index (χ2v) is 4.58. The lowest BCUT2D eigenvalue weighted by Gasteiger charge is -2.02. The number of nitrogens with zero attached hydrogens (tertiary/aromatic N) is 3. The van der Waals surface area contributed by atoms with Gasteiger partial charge in [-0.1, -0.05) is 0 Å². The third kappa shape index (κ3) is 2.60. The number of rotatable bonds is 3. The van der Waals surface area contributed by atoms with E-state index in [2.05, 4.69) is 10.1 Å². The van der Waals surface area contributed by atoms with E-state index in [1.54, 1.807) is 0 Å². The molecule has 2 aromatic rings. The molecule has 2 aromatic heterocycles. The number of aromatic nitrogens is 3. The molecule has 0 radical (unpaired) electrons. The van der Waals surface area contributed by atoms with Crippen LogP contribution in [-0.2, 0) is 12.7 Å². The third-order valence-electron chi connectivity index (χ3n) is 2.29. The number of carboxylic acid groups (broad SMARTS) is 1. The highest BCUT2D eigenvalue weighted by Crippen LogP contribution is 2.37. The summed E-state index contributed by atoms with van der Waals surface area (Å²) in [4.78, 5) is 13.4. The Hall–Kier alpha value is -1.90. The molecule has 0 aliphatic rings. The standard InChI is InChI=1S/C10H8F3N3O2S/c1-2-16-4-5(3-14-16)8-15-7(10(11,12)13)6(19-8)9(17)18/h3-4H,2H2,1H3,(H,17,18). The van der Waals surface area contributed by atoms with Crippen LogP contribution in [0.3, 0.4) is 0 Å². The van der Waals surface area contributed by atoms with Crippen LogP contribution < -0.4 is 0 Å². The minimum Gasteiger partial charge on any atom is -0.477 e. The van der Waals surface area contributed by atoms with Crippen molar-refractivity contribution in [3.63, 3.8) is 0 Å². The fourth-order valence-corrected chi connectivity index (χ4v) is 2.33. The van der Waals surface area contributed by atoms with Crippen molar-refractivity contribution in [2.75, 3.05) is 0 Å². The van der Waals surface area contributed by atoms with E-state index in [1.807, 2.05) is 6.92 Å². The fraction of sp³-hybridized carbons (Fsp3) is 0.300. The van der Waals surface area contributed by atoms with Crippen LogP contribution in [0.4, 0.5) is 13.2 Å². The summed E-state index contributed by atoms with van der Waals surface area (Å²) < 4.78 is 39.5. The second kappa shape index (κ2) is 4.65. The van der Waals surface area contributed by atoms with Crippen molar-refractivity contribution in [3.05, 3.63) is 23.0 Å². The summed E-state index contributed by atoms with van der Waals surface area (Å²) in [6, 6.07) is 0. The average Bonchev–Trinajstić information content (AvgIpc) is 2.94. The minimum atomic E-state index is -4.79. The number of aromatic carboxylic acids is 1. The minimum absolute atomic E-state index is 0.00979. The molecular weight excluding hydrogens is 283 g/mol. The lowest BCUT2D eigenvalue weighted by Crippen LogP contribution is -2.11. The van der Waals surface area contributed by atoms with Gasteiger partial charge in [0, 0.05) is 18.3 Å². The van der Waals surface area contributed by atoms with Crippen molar-refractivity contribution in [3.8, 4) is 10.6 Å².